The zero-order valence-electron chi connectivity index (χ0n) is 19.5. The zero-order valence-corrected chi connectivity index (χ0v) is 21.1. The van der Waals surface area contributed by atoms with Crippen molar-refractivity contribution >= 4 is 50.0 Å². The maximum Gasteiger partial charge on any atom is 0.338 e. The Hall–Kier alpha value is -4.57. The number of benzene rings is 1. The third kappa shape index (κ3) is 4.43. The molecule has 180 valence electrons. The number of thiophene rings is 1. The second-order valence-corrected chi connectivity index (χ2v) is 9.50. The van der Waals surface area contributed by atoms with Crippen molar-refractivity contribution in [1.82, 2.24) is 19.5 Å². The summed E-state index contributed by atoms with van der Waals surface area (Å²) < 4.78 is 2.17. The highest BCUT2D eigenvalue weighted by Gasteiger charge is 2.18. The summed E-state index contributed by atoms with van der Waals surface area (Å²) in [6.07, 6.45) is 1.41. The van der Waals surface area contributed by atoms with E-state index >= 15 is 0 Å². The number of fused-ring (bicyclic) bond motifs is 2. The smallest absolute Gasteiger partial charge is 0.338 e. The molecule has 0 saturated carbocycles. The van der Waals surface area contributed by atoms with Crippen molar-refractivity contribution in [2.45, 2.75) is 20.4 Å². The van der Waals surface area contributed by atoms with Crippen LogP contribution >= 0.6 is 22.9 Å². The van der Waals surface area contributed by atoms with Gasteiger partial charge in [0.25, 0.3) is 5.56 Å². The van der Waals surface area contributed by atoms with Crippen LogP contribution < -0.4 is 5.56 Å². The van der Waals surface area contributed by atoms with Gasteiger partial charge in [-0.05, 0) is 44.2 Å². The molecule has 37 heavy (non-hydrogen) atoms. The van der Waals surface area contributed by atoms with Crippen molar-refractivity contribution in [3.63, 3.8) is 0 Å². The molecule has 0 fully saturated rings. The normalized spacial score (nSPS) is 10.8. The van der Waals surface area contributed by atoms with Crippen LogP contribution in [0.25, 0.3) is 32.2 Å². The van der Waals surface area contributed by atoms with Crippen LogP contribution in [-0.4, -0.2) is 30.6 Å². The Kier molecular flexibility index (Phi) is 6.18. The van der Waals surface area contributed by atoms with Crippen molar-refractivity contribution in [2.24, 2.45) is 0 Å². The fourth-order valence-electron chi connectivity index (χ4n) is 4.03. The number of pyridine rings is 2. The average Bonchev–Trinajstić information content (AvgIpc) is 3.30. The van der Waals surface area contributed by atoms with E-state index in [1.165, 1.54) is 28.2 Å². The van der Waals surface area contributed by atoms with Crippen molar-refractivity contribution in [3.8, 4) is 29.0 Å². The third-order valence-electron chi connectivity index (χ3n) is 5.76. The van der Waals surface area contributed by atoms with E-state index in [0.29, 0.717) is 38.5 Å². The first-order chi connectivity index (χ1) is 17.8. The summed E-state index contributed by atoms with van der Waals surface area (Å²) in [7, 11) is 0. The second-order valence-electron chi connectivity index (χ2n) is 8.18. The number of hydrogen-bond acceptors (Lipinski definition) is 7. The minimum Gasteiger partial charge on any atom is -0.478 e. The van der Waals surface area contributed by atoms with Gasteiger partial charge in [-0.15, -0.1) is 11.3 Å². The molecule has 0 aliphatic heterocycles. The quantitative estimate of drug-likeness (QED) is 0.330. The van der Waals surface area contributed by atoms with Gasteiger partial charge in [-0.3, -0.25) is 14.3 Å². The highest BCUT2D eigenvalue weighted by Crippen LogP contribution is 2.37. The molecule has 5 rings (SSSR count). The van der Waals surface area contributed by atoms with Gasteiger partial charge < -0.3 is 5.11 Å². The molecule has 8 nitrogen and oxygen atoms in total. The van der Waals surface area contributed by atoms with Crippen LogP contribution in [0.5, 0.6) is 0 Å². The van der Waals surface area contributed by atoms with Gasteiger partial charge in [-0.25, -0.2) is 14.8 Å². The Bertz CT molecular complexity index is 1930. The Morgan fingerprint density at radius 2 is 2.00 bits per heavy atom. The van der Waals surface area contributed by atoms with Gasteiger partial charge in [0.2, 0.25) is 0 Å². The van der Waals surface area contributed by atoms with Gasteiger partial charge in [-0.2, -0.15) is 5.26 Å². The number of carboxylic acid groups (broad SMARTS) is 1. The van der Waals surface area contributed by atoms with Gasteiger partial charge in [0.05, 0.1) is 39.4 Å². The minimum atomic E-state index is -1.04. The largest absolute Gasteiger partial charge is 0.478 e. The van der Waals surface area contributed by atoms with Gasteiger partial charge >= 0.3 is 5.97 Å². The van der Waals surface area contributed by atoms with E-state index in [2.05, 4.69) is 26.8 Å². The molecule has 0 unspecified atom stereocenters. The van der Waals surface area contributed by atoms with E-state index in [9.17, 15) is 14.7 Å². The number of carbonyl (C=O) groups is 1. The van der Waals surface area contributed by atoms with E-state index in [0.717, 1.165) is 15.8 Å². The summed E-state index contributed by atoms with van der Waals surface area (Å²) >= 11 is 7.63. The maximum atomic E-state index is 13.1. The summed E-state index contributed by atoms with van der Waals surface area (Å²) in [6.45, 7) is 3.59. The fourth-order valence-corrected chi connectivity index (χ4v) is 5.22. The molecule has 1 N–H and O–H groups in total. The lowest BCUT2D eigenvalue weighted by atomic mass is 9.99. The van der Waals surface area contributed by atoms with Gasteiger partial charge in [0, 0.05) is 32.8 Å². The molecule has 0 amide bonds. The topological polar surface area (TPSA) is 122 Å². The Morgan fingerprint density at radius 3 is 2.76 bits per heavy atom. The number of rotatable bonds is 3. The molecular weight excluding hydrogens is 510 g/mol. The van der Waals surface area contributed by atoms with Crippen LogP contribution in [0.3, 0.4) is 0 Å². The van der Waals surface area contributed by atoms with E-state index in [4.69, 9.17) is 16.9 Å². The minimum absolute atomic E-state index is 0.0762. The maximum absolute atomic E-state index is 13.1. The molecule has 0 spiro atoms. The lowest BCUT2D eigenvalue weighted by Gasteiger charge is -2.09. The molecule has 10 heteroatoms. The first-order valence-corrected chi connectivity index (χ1v) is 12.2. The average molecular weight is 526 g/mol. The molecule has 4 aromatic heterocycles. The number of hydrogen-bond donors (Lipinski definition) is 1. The predicted molar refractivity (Wildman–Crippen MR) is 142 cm³/mol. The van der Waals surface area contributed by atoms with E-state index in [-0.39, 0.29) is 23.4 Å². The molecule has 0 bridgehead atoms. The highest BCUT2D eigenvalue weighted by atomic mass is 35.5. The SMILES string of the molecule is Cc1cc(-c2cc(Cl)ccc2C#CCn2c(C)nc3cnc(C#N)cc3c2=O)c2scc(C(=O)O)c2n1. The van der Waals surface area contributed by atoms with E-state index < -0.39 is 5.97 Å². The van der Waals surface area contributed by atoms with Gasteiger partial charge in [0.15, 0.2) is 0 Å². The second kappa shape index (κ2) is 9.47. The molecule has 0 atom stereocenters. The zero-order chi connectivity index (χ0) is 26.3. The molecule has 0 radical (unpaired) electrons. The van der Waals surface area contributed by atoms with Crippen molar-refractivity contribution < 1.29 is 9.90 Å². The summed E-state index contributed by atoms with van der Waals surface area (Å²) in [4.78, 5) is 37.6. The summed E-state index contributed by atoms with van der Waals surface area (Å²) in [6, 6.07) is 10.5. The van der Waals surface area contributed by atoms with Gasteiger partial charge in [-0.1, -0.05) is 23.4 Å². The standard InChI is InChI=1S/C27H16ClN5O3S/c1-14-8-20(25-24(31-14)22(13-37-25)27(35)36)19-9-17(28)6-5-16(19)4-3-7-33-15(2)32-23-12-30-18(11-29)10-21(23)26(33)34/h5-6,8-10,12-13H,7H2,1-2H3,(H,35,36). The number of carboxylic acids is 1. The first kappa shape index (κ1) is 24.1. The van der Waals surface area contributed by atoms with E-state index in [1.54, 1.807) is 37.4 Å². The number of nitrogens with zero attached hydrogens (tertiary/aromatic N) is 5. The molecular formula is C27H16ClN5O3S. The monoisotopic (exact) mass is 525 g/mol. The Balaban J connectivity index is 1.60. The van der Waals surface area contributed by atoms with Crippen LogP contribution in [0.4, 0.5) is 0 Å². The van der Waals surface area contributed by atoms with Crippen LogP contribution in [0.2, 0.25) is 5.02 Å². The summed E-state index contributed by atoms with van der Waals surface area (Å²) in [5.74, 6) is 5.62. The number of nitriles is 1. The number of aromatic carboxylic acids is 1. The number of aromatic nitrogens is 4. The van der Waals surface area contributed by atoms with Crippen LogP contribution in [0, 0.1) is 37.0 Å². The molecule has 0 saturated heterocycles. The van der Waals surface area contributed by atoms with Crippen LogP contribution in [0.1, 0.15) is 33.1 Å². The Labute approximate surface area is 219 Å². The Morgan fingerprint density at radius 1 is 1.19 bits per heavy atom. The molecule has 1 aromatic carbocycles. The molecule has 0 aliphatic rings. The number of halogens is 1. The highest BCUT2D eigenvalue weighted by molar-refractivity contribution is 7.18. The summed E-state index contributed by atoms with van der Waals surface area (Å²) in [5.41, 5.74) is 3.66. The predicted octanol–water partition coefficient (Wildman–Crippen LogP) is 4.96. The fraction of sp³-hybridized carbons (Fsp3) is 0.111. The molecule has 0 aliphatic carbocycles. The summed E-state index contributed by atoms with van der Waals surface area (Å²) in [5, 5.41) is 21.1. The van der Waals surface area contributed by atoms with Crippen molar-refractivity contribution in [2.75, 3.05) is 0 Å². The van der Waals surface area contributed by atoms with Crippen LogP contribution in [0.15, 0.2) is 46.7 Å². The van der Waals surface area contributed by atoms with E-state index in [1.807, 2.05) is 12.1 Å². The lowest BCUT2D eigenvalue weighted by molar-refractivity contribution is 0.0699. The van der Waals surface area contributed by atoms with Crippen molar-refractivity contribution in [1.29, 1.82) is 5.26 Å². The van der Waals surface area contributed by atoms with Crippen molar-refractivity contribution in [3.05, 3.63) is 85.6 Å². The number of aryl methyl sites for hydroxylation is 2. The lowest BCUT2D eigenvalue weighted by Crippen LogP contribution is -2.23. The van der Waals surface area contributed by atoms with Crippen LogP contribution in [-0.2, 0) is 6.54 Å². The molecule has 4 heterocycles. The third-order valence-corrected chi connectivity index (χ3v) is 7.00. The molecule has 5 aromatic rings. The van der Waals surface area contributed by atoms with Gasteiger partial charge in [0.1, 0.15) is 17.6 Å². The first-order valence-electron chi connectivity index (χ1n) is 10.9.